The van der Waals surface area contributed by atoms with Gasteiger partial charge in [-0.2, -0.15) is 0 Å². The monoisotopic (exact) mass is 270 g/mol. The standard InChI is InChI=1S/C15H30N2O2/c1-12(2)11-17(4)10-6-9-15(3,14(18)19-5)16-13-7-8-13/h12-13,16H,6-11H2,1-5H3. The summed E-state index contributed by atoms with van der Waals surface area (Å²) >= 11 is 0. The highest BCUT2D eigenvalue weighted by Crippen LogP contribution is 2.25. The van der Waals surface area contributed by atoms with Crippen molar-refractivity contribution in [1.82, 2.24) is 10.2 Å². The molecular formula is C15H30N2O2. The maximum atomic E-state index is 12.0. The van der Waals surface area contributed by atoms with Gasteiger partial charge in [-0.3, -0.25) is 10.1 Å². The Morgan fingerprint density at radius 1 is 1.47 bits per heavy atom. The van der Waals surface area contributed by atoms with Crippen molar-refractivity contribution in [3.8, 4) is 0 Å². The zero-order valence-electron chi connectivity index (χ0n) is 13.2. The predicted molar refractivity (Wildman–Crippen MR) is 78.1 cm³/mol. The average molecular weight is 270 g/mol. The summed E-state index contributed by atoms with van der Waals surface area (Å²) in [7, 11) is 3.61. The molecule has 0 bridgehead atoms. The largest absolute Gasteiger partial charge is 0.468 e. The lowest BCUT2D eigenvalue weighted by Crippen LogP contribution is -2.51. The molecule has 1 saturated carbocycles. The average Bonchev–Trinajstić information content (AvgIpc) is 3.10. The number of esters is 1. The van der Waals surface area contributed by atoms with Crippen LogP contribution in [0.25, 0.3) is 0 Å². The van der Waals surface area contributed by atoms with Gasteiger partial charge in [0.25, 0.3) is 0 Å². The molecule has 0 spiro atoms. The van der Waals surface area contributed by atoms with E-state index in [0.717, 1.165) is 25.9 Å². The Kier molecular flexibility index (Phi) is 6.27. The van der Waals surface area contributed by atoms with Gasteiger partial charge in [0, 0.05) is 12.6 Å². The molecule has 1 rings (SSSR count). The second-order valence-electron chi connectivity index (χ2n) is 6.50. The van der Waals surface area contributed by atoms with Gasteiger partial charge in [0.05, 0.1) is 7.11 Å². The Balaban J connectivity index is 2.37. The van der Waals surface area contributed by atoms with Crippen LogP contribution in [0.3, 0.4) is 0 Å². The fourth-order valence-corrected chi connectivity index (χ4v) is 2.55. The highest BCUT2D eigenvalue weighted by molar-refractivity contribution is 5.80. The van der Waals surface area contributed by atoms with Crippen molar-refractivity contribution < 1.29 is 9.53 Å². The Bertz CT molecular complexity index is 290. The molecule has 0 aromatic heterocycles. The minimum Gasteiger partial charge on any atom is -0.468 e. The number of hydrogen-bond donors (Lipinski definition) is 1. The van der Waals surface area contributed by atoms with Crippen molar-refractivity contribution in [2.75, 3.05) is 27.2 Å². The van der Waals surface area contributed by atoms with Gasteiger partial charge in [0.1, 0.15) is 5.54 Å². The van der Waals surface area contributed by atoms with Crippen LogP contribution in [0.4, 0.5) is 0 Å². The third kappa shape index (κ3) is 5.91. The van der Waals surface area contributed by atoms with E-state index in [2.05, 4.69) is 31.1 Å². The predicted octanol–water partition coefficient (Wildman–Crippen LogP) is 2.04. The molecule has 1 aliphatic carbocycles. The Morgan fingerprint density at radius 3 is 2.58 bits per heavy atom. The van der Waals surface area contributed by atoms with Gasteiger partial charge in [0.2, 0.25) is 0 Å². The van der Waals surface area contributed by atoms with Crippen molar-refractivity contribution in [2.45, 2.75) is 58.0 Å². The third-order valence-electron chi connectivity index (χ3n) is 3.63. The fourth-order valence-electron chi connectivity index (χ4n) is 2.55. The summed E-state index contributed by atoms with van der Waals surface area (Å²) in [5.74, 6) is 0.549. The Labute approximate surface area is 117 Å². The summed E-state index contributed by atoms with van der Waals surface area (Å²) in [6.45, 7) is 8.55. The van der Waals surface area contributed by atoms with E-state index in [1.165, 1.54) is 20.0 Å². The molecule has 0 heterocycles. The lowest BCUT2D eigenvalue weighted by molar-refractivity contribution is -0.148. The first-order chi connectivity index (χ1) is 8.87. The molecular weight excluding hydrogens is 240 g/mol. The lowest BCUT2D eigenvalue weighted by Gasteiger charge is -2.29. The normalized spacial score (nSPS) is 18.7. The van der Waals surface area contributed by atoms with Crippen LogP contribution >= 0.6 is 0 Å². The molecule has 4 nitrogen and oxygen atoms in total. The van der Waals surface area contributed by atoms with Crippen LogP contribution in [0.15, 0.2) is 0 Å². The fraction of sp³-hybridized carbons (Fsp3) is 0.933. The highest BCUT2D eigenvalue weighted by atomic mass is 16.5. The van der Waals surface area contributed by atoms with Gasteiger partial charge in [-0.25, -0.2) is 0 Å². The van der Waals surface area contributed by atoms with Gasteiger partial charge in [0.15, 0.2) is 0 Å². The summed E-state index contributed by atoms with van der Waals surface area (Å²) in [6, 6.07) is 0.512. The summed E-state index contributed by atoms with van der Waals surface area (Å²) in [6.07, 6.45) is 4.20. The number of nitrogens with one attached hydrogen (secondary N) is 1. The van der Waals surface area contributed by atoms with E-state index in [1.54, 1.807) is 0 Å². The molecule has 4 heteroatoms. The van der Waals surface area contributed by atoms with Crippen molar-refractivity contribution in [3.63, 3.8) is 0 Å². The molecule has 0 saturated heterocycles. The number of hydrogen-bond acceptors (Lipinski definition) is 4. The molecule has 19 heavy (non-hydrogen) atoms. The molecule has 0 aliphatic heterocycles. The number of nitrogens with zero attached hydrogens (tertiary/aromatic N) is 1. The van der Waals surface area contributed by atoms with E-state index in [9.17, 15) is 4.79 Å². The maximum Gasteiger partial charge on any atom is 0.325 e. The van der Waals surface area contributed by atoms with Crippen LogP contribution in [-0.4, -0.2) is 49.7 Å². The van der Waals surface area contributed by atoms with Gasteiger partial charge < -0.3 is 9.64 Å². The van der Waals surface area contributed by atoms with Crippen LogP contribution in [0.5, 0.6) is 0 Å². The first-order valence-electron chi connectivity index (χ1n) is 7.42. The Hall–Kier alpha value is -0.610. The summed E-state index contributed by atoms with van der Waals surface area (Å²) in [4.78, 5) is 14.3. The summed E-state index contributed by atoms with van der Waals surface area (Å²) in [5, 5.41) is 3.44. The molecule has 1 N–H and O–H groups in total. The molecule has 1 fully saturated rings. The number of carbonyl (C=O) groups excluding carboxylic acids is 1. The zero-order valence-corrected chi connectivity index (χ0v) is 13.2. The van der Waals surface area contributed by atoms with Crippen LogP contribution < -0.4 is 5.32 Å². The number of rotatable bonds is 9. The van der Waals surface area contributed by atoms with Gasteiger partial charge in [-0.15, -0.1) is 0 Å². The number of ether oxygens (including phenoxy) is 1. The topological polar surface area (TPSA) is 41.6 Å². The number of methoxy groups -OCH3 is 1. The van der Waals surface area contributed by atoms with Gasteiger partial charge in [-0.1, -0.05) is 13.8 Å². The molecule has 0 radical (unpaired) electrons. The molecule has 0 aromatic rings. The van der Waals surface area contributed by atoms with E-state index in [4.69, 9.17) is 4.74 Å². The molecule has 1 unspecified atom stereocenters. The van der Waals surface area contributed by atoms with E-state index < -0.39 is 5.54 Å². The maximum absolute atomic E-state index is 12.0. The quantitative estimate of drug-likeness (QED) is 0.651. The van der Waals surface area contributed by atoms with Crippen molar-refractivity contribution >= 4 is 5.97 Å². The SMILES string of the molecule is COC(=O)C(C)(CCCN(C)CC(C)C)NC1CC1. The first-order valence-corrected chi connectivity index (χ1v) is 7.42. The summed E-state index contributed by atoms with van der Waals surface area (Å²) < 4.78 is 4.95. The molecule has 0 aromatic carbocycles. The summed E-state index contributed by atoms with van der Waals surface area (Å²) in [5.41, 5.74) is -0.519. The second kappa shape index (κ2) is 7.25. The Morgan fingerprint density at radius 2 is 2.11 bits per heavy atom. The van der Waals surface area contributed by atoms with Crippen molar-refractivity contribution in [2.24, 2.45) is 5.92 Å². The first kappa shape index (κ1) is 16.4. The molecule has 112 valence electrons. The van der Waals surface area contributed by atoms with Crippen LogP contribution in [0, 0.1) is 5.92 Å². The lowest BCUT2D eigenvalue weighted by atomic mass is 9.95. The van der Waals surface area contributed by atoms with E-state index in [0.29, 0.717) is 12.0 Å². The van der Waals surface area contributed by atoms with E-state index in [1.807, 2.05) is 6.92 Å². The van der Waals surface area contributed by atoms with Gasteiger partial charge in [-0.05, 0) is 52.1 Å². The van der Waals surface area contributed by atoms with Crippen LogP contribution in [-0.2, 0) is 9.53 Å². The van der Waals surface area contributed by atoms with E-state index >= 15 is 0 Å². The van der Waals surface area contributed by atoms with Crippen LogP contribution in [0.1, 0.15) is 46.5 Å². The third-order valence-corrected chi connectivity index (χ3v) is 3.63. The smallest absolute Gasteiger partial charge is 0.325 e. The highest BCUT2D eigenvalue weighted by Gasteiger charge is 2.38. The van der Waals surface area contributed by atoms with E-state index in [-0.39, 0.29) is 5.97 Å². The molecule has 0 amide bonds. The van der Waals surface area contributed by atoms with Crippen molar-refractivity contribution in [1.29, 1.82) is 0 Å². The molecule has 1 aliphatic rings. The molecule has 1 atom stereocenters. The van der Waals surface area contributed by atoms with Gasteiger partial charge >= 0.3 is 5.97 Å². The number of carbonyl (C=O) groups is 1. The van der Waals surface area contributed by atoms with Crippen LogP contribution in [0.2, 0.25) is 0 Å². The minimum absolute atomic E-state index is 0.133. The van der Waals surface area contributed by atoms with Crippen molar-refractivity contribution in [3.05, 3.63) is 0 Å². The second-order valence-corrected chi connectivity index (χ2v) is 6.50. The minimum atomic E-state index is -0.519. The zero-order chi connectivity index (χ0) is 14.5.